The van der Waals surface area contributed by atoms with Crippen LogP contribution >= 0.6 is 0 Å². The van der Waals surface area contributed by atoms with Crippen molar-refractivity contribution >= 4 is 17.6 Å². The van der Waals surface area contributed by atoms with Crippen molar-refractivity contribution in [1.29, 1.82) is 0 Å². The average molecular weight is 371 g/mol. The number of hydrogen-bond acceptors (Lipinski definition) is 5. The first-order valence-electron chi connectivity index (χ1n) is 9.39. The Bertz CT molecular complexity index is 734. The fourth-order valence-corrected chi connectivity index (χ4v) is 3.66. The highest BCUT2D eigenvalue weighted by atomic mass is 16.6. The van der Waals surface area contributed by atoms with E-state index in [1.807, 2.05) is 68.9 Å². The Hall–Kier alpha value is -2.50. The number of likely N-dealkylation sites (tertiary alicyclic amines) is 1. The van der Waals surface area contributed by atoms with Gasteiger partial charge in [-0.3, -0.25) is 4.79 Å². The Morgan fingerprint density at radius 2 is 1.78 bits per heavy atom. The van der Waals surface area contributed by atoms with Gasteiger partial charge < -0.3 is 19.4 Å². The molecule has 1 aromatic carbocycles. The number of amides is 1. The number of ether oxygens (including phenoxy) is 1. The number of benzene rings is 1. The third-order valence-corrected chi connectivity index (χ3v) is 4.88. The highest BCUT2D eigenvalue weighted by Gasteiger charge is 2.46. The van der Waals surface area contributed by atoms with Gasteiger partial charge in [-0.1, -0.05) is 0 Å². The molecular formula is C21H29N3O3. The first-order valence-corrected chi connectivity index (χ1v) is 9.39. The van der Waals surface area contributed by atoms with E-state index in [0.717, 1.165) is 18.7 Å². The molecule has 0 N–H and O–H groups in total. The van der Waals surface area contributed by atoms with Gasteiger partial charge in [0.25, 0.3) is 0 Å². The van der Waals surface area contributed by atoms with E-state index in [4.69, 9.17) is 4.74 Å². The van der Waals surface area contributed by atoms with Crippen molar-refractivity contribution < 1.29 is 14.3 Å². The molecule has 146 valence electrons. The zero-order chi connectivity index (χ0) is 19.8. The highest BCUT2D eigenvalue weighted by Crippen LogP contribution is 2.35. The van der Waals surface area contributed by atoms with E-state index in [0.29, 0.717) is 18.2 Å². The van der Waals surface area contributed by atoms with Crippen LogP contribution < -0.4 is 4.90 Å². The second-order valence-electron chi connectivity index (χ2n) is 8.52. The van der Waals surface area contributed by atoms with Gasteiger partial charge in [-0.25, -0.2) is 4.79 Å². The minimum atomic E-state index is -0.470. The Kier molecular flexibility index (Phi) is 5.18. The topological polar surface area (TPSA) is 53.1 Å². The zero-order valence-electron chi connectivity index (χ0n) is 16.8. The molecule has 0 unspecified atom stereocenters. The second-order valence-corrected chi connectivity index (χ2v) is 8.52. The zero-order valence-corrected chi connectivity index (χ0v) is 16.8. The van der Waals surface area contributed by atoms with Crippen molar-refractivity contribution in [1.82, 2.24) is 9.80 Å². The van der Waals surface area contributed by atoms with Gasteiger partial charge in [0.15, 0.2) is 5.78 Å². The number of anilines is 1. The van der Waals surface area contributed by atoms with Crippen molar-refractivity contribution in [3.8, 4) is 0 Å². The number of ketones is 1. The van der Waals surface area contributed by atoms with Crippen LogP contribution in [-0.4, -0.2) is 66.5 Å². The second kappa shape index (κ2) is 7.25. The van der Waals surface area contributed by atoms with Crippen molar-refractivity contribution in [3.63, 3.8) is 0 Å². The van der Waals surface area contributed by atoms with E-state index < -0.39 is 5.60 Å². The van der Waals surface area contributed by atoms with Crippen LogP contribution in [0.5, 0.6) is 0 Å². The van der Waals surface area contributed by atoms with Crippen molar-refractivity contribution in [2.24, 2.45) is 0 Å². The molecule has 2 bridgehead atoms. The first-order chi connectivity index (χ1) is 12.6. The lowest BCUT2D eigenvalue weighted by Gasteiger charge is -2.36. The van der Waals surface area contributed by atoms with Crippen LogP contribution in [0.4, 0.5) is 10.5 Å². The number of nitrogens with zero attached hydrogens (tertiary/aromatic N) is 3. The molecule has 0 saturated carbocycles. The molecule has 0 spiro atoms. The molecule has 0 aromatic heterocycles. The van der Waals surface area contributed by atoms with Crippen LogP contribution in [0.3, 0.4) is 0 Å². The van der Waals surface area contributed by atoms with E-state index in [1.54, 1.807) is 12.3 Å². The average Bonchev–Trinajstić information content (AvgIpc) is 3.19. The molecule has 0 aliphatic carbocycles. The summed E-state index contributed by atoms with van der Waals surface area (Å²) in [5.41, 5.74) is 1.30. The molecule has 1 amide bonds. The molecule has 2 heterocycles. The molecular weight excluding hydrogens is 342 g/mol. The minimum absolute atomic E-state index is 0.00528. The fourth-order valence-electron chi connectivity index (χ4n) is 3.66. The number of piperazine rings is 1. The monoisotopic (exact) mass is 371 g/mol. The van der Waals surface area contributed by atoms with Crippen molar-refractivity contribution in [2.45, 2.75) is 44.9 Å². The molecule has 2 atom stereocenters. The van der Waals surface area contributed by atoms with Crippen LogP contribution in [0, 0.1) is 0 Å². The molecule has 2 fully saturated rings. The Morgan fingerprint density at radius 3 is 2.30 bits per heavy atom. The van der Waals surface area contributed by atoms with Gasteiger partial charge in [0.1, 0.15) is 5.60 Å². The normalized spacial score (nSPS) is 21.8. The maximum absolute atomic E-state index is 12.4. The molecule has 6 nitrogen and oxygen atoms in total. The molecule has 6 heteroatoms. The first kappa shape index (κ1) is 19.3. The van der Waals surface area contributed by atoms with Gasteiger partial charge in [0, 0.05) is 56.8 Å². The van der Waals surface area contributed by atoms with Gasteiger partial charge >= 0.3 is 6.09 Å². The lowest BCUT2D eigenvalue weighted by atomic mass is 10.1. The van der Waals surface area contributed by atoms with Gasteiger partial charge in [-0.05, 0) is 51.5 Å². The summed E-state index contributed by atoms with van der Waals surface area (Å²) in [5.74, 6) is -0.00528. The minimum Gasteiger partial charge on any atom is -0.444 e. The molecule has 2 aliphatic heterocycles. The van der Waals surface area contributed by atoms with Crippen LogP contribution in [0.2, 0.25) is 0 Å². The Labute approximate surface area is 161 Å². The van der Waals surface area contributed by atoms with Crippen LogP contribution in [-0.2, 0) is 4.74 Å². The van der Waals surface area contributed by atoms with Gasteiger partial charge in [0.05, 0.1) is 6.04 Å². The number of fused-ring (bicyclic) bond motifs is 2. The quantitative estimate of drug-likeness (QED) is 0.601. The predicted molar refractivity (Wildman–Crippen MR) is 106 cm³/mol. The van der Waals surface area contributed by atoms with Gasteiger partial charge in [-0.2, -0.15) is 0 Å². The van der Waals surface area contributed by atoms with Crippen LogP contribution in [0.15, 0.2) is 36.5 Å². The largest absolute Gasteiger partial charge is 0.444 e. The standard InChI is InChI=1S/C21H29N3O3/c1-21(2,3)27-20(26)24-14-17-12-18(24)13-23(17)16-8-6-15(7-9-16)19(25)10-11-22(4)5/h6-11,17-18H,12-14H2,1-5H3/b11-10+/t17-,18-/m0/s1. The summed E-state index contributed by atoms with van der Waals surface area (Å²) in [6.07, 6.45) is 4.07. The summed E-state index contributed by atoms with van der Waals surface area (Å²) in [6.45, 7) is 7.16. The smallest absolute Gasteiger partial charge is 0.410 e. The fraction of sp³-hybridized carbons (Fsp3) is 0.524. The van der Waals surface area contributed by atoms with E-state index in [1.165, 1.54) is 0 Å². The van der Waals surface area contributed by atoms with E-state index in [2.05, 4.69) is 4.90 Å². The Morgan fingerprint density at radius 1 is 1.11 bits per heavy atom. The maximum Gasteiger partial charge on any atom is 0.410 e. The van der Waals surface area contributed by atoms with Gasteiger partial charge in [0.2, 0.25) is 0 Å². The van der Waals surface area contributed by atoms with E-state index in [-0.39, 0.29) is 17.9 Å². The summed E-state index contributed by atoms with van der Waals surface area (Å²) in [6, 6.07) is 8.22. The lowest BCUT2D eigenvalue weighted by molar-refractivity contribution is 0.0214. The van der Waals surface area contributed by atoms with Crippen molar-refractivity contribution in [3.05, 3.63) is 42.1 Å². The number of hydrogen-bond donors (Lipinski definition) is 0. The molecule has 0 radical (unpaired) electrons. The number of carbonyl (C=O) groups excluding carboxylic acids is 2. The van der Waals surface area contributed by atoms with Crippen LogP contribution in [0.1, 0.15) is 37.6 Å². The third kappa shape index (κ3) is 4.43. The van der Waals surface area contributed by atoms with E-state index in [9.17, 15) is 9.59 Å². The molecule has 1 aromatic rings. The number of rotatable bonds is 4. The molecule has 2 aliphatic rings. The van der Waals surface area contributed by atoms with Crippen LogP contribution in [0.25, 0.3) is 0 Å². The Balaban J connectivity index is 1.62. The highest BCUT2D eigenvalue weighted by molar-refractivity contribution is 6.04. The summed E-state index contributed by atoms with van der Waals surface area (Å²) in [7, 11) is 3.77. The summed E-state index contributed by atoms with van der Waals surface area (Å²) >= 11 is 0. The lowest BCUT2D eigenvalue weighted by Crippen LogP contribution is -2.50. The van der Waals surface area contributed by atoms with Crippen molar-refractivity contribution in [2.75, 3.05) is 32.1 Å². The van der Waals surface area contributed by atoms with E-state index >= 15 is 0 Å². The SMILES string of the molecule is CN(C)/C=C/C(=O)c1ccc(N2C[C@@H]3C[C@H]2CN3C(=O)OC(C)(C)C)cc1. The number of carbonyl (C=O) groups is 2. The predicted octanol–water partition coefficient (Wildman–Crippen LogP) is 3.14. The molecule has 27 heavy (non-hydrogen) atoms. The summed E-state index contributed by atoms with van der Waals surface area (Å²) in [5, 5.41) is 0. The summed E-state index contributed by atoms with van der Waals surface area (Å²) in [4.78, 5) is 30.5. The van der Waals surface area contributed by atoms with Gasteiger partial charge in [-0.15, -0.1) is 0 Å². The molecule has 3 rings (SSSR count). The maximum atomic E-state index is 12.4. The summed E-state index contributed by atoms with van der Waals surface area (Å²) < 4.78 is 5.52. The number of allylic oxidation sites excluding steroid dienone is 1. The third-order valence-electron chi connectivity index (χ3n) is 4.88. The molecule has 2 saturated heterocycles.